The summed E-state index contributed by atoms with van der Waals surface area (Å²) in [6, 6.07) is 38.6. The van der Waals surface area contributed by atoms with E-state index < -0.39 is 17.2 Å². The van der Waals surface area contributed by atoms with Crippen molar-refractivity contribution in [2.45, 2.75) is 98.4 Å². The average molecular weight is 1140 g/mol. The largest absolute Gasteiger partial charge is 1.00 e. The summed E-state index contributed by atoms with van der Waals surface area (Å²) in [4.78, 5) is 57.1. The van der Waals surface area contributed by atoms with E-state index in [0.29, 0.717) is 51.0 Å². The van der Waals surface area contributed by atoms with Crippen molar-refractivity contribution < 1.29 is 63.2 Å². The van der Waals surface area contributed by atoms with Crippen molar-refractivity contribution in [2.24, 2.45) is 0 Å². The minimum Gasteiger partial charge on any atom is -1.00 e. The molecule has 430 valence electrons. The number of ether oxygens (including phenoxy) is 2. The number of aliphatic hydroxyl groups is 1. The number of hydrogen-bond donors (Lipinski definition) is 2. The molecular weight excluding hydrogens is 1060 g/mol. The molecular formula is C65H73FN7NaO9. The first-order valence-electron chi connectivity index (χ1n) is 28.4. The Morgan fingerprint density at radius 3 is 1.17 bits per heavy atom. The molecule has 0 aliphatic carbocycles. The van der Waals surface area contributed by atoms with Crippen molar-refractivity contribution in [3.63, 3.8) is 0 Å². The molecule has 0 radical (unpaired) electrons. The van der Waals surface area contributed by atoms with Gasteiger partial charge in [-0.3, -0.25) is 0 Å². The maximum atomic E-state index is 13.3. The number of piperidine rings is 2. The number of rotatable bonds is 10. The van der Waals surface area contributed by atoms with Crippen molar-refractivity contribution in [2.75, 3.05) is 67.1 Å². The van der Waals surface area contributed by atoms with Crippen LogP contribution in [-0.4, -0.2) is 90.7 Å². The molecule has 0 unspecified atom stereocenters. The fraction of sp³-hybridized carbons (Fsp3) is 0.354. The van der Waals surface area contributed by atoms with Crippen LogP contribution < -0.4 is 75.9 Å². The Morgan fingerprint density at radius 2 is 0.819 bits per heavy atom. The van der Waals surface area contributed by atoms with E-state index in [1.165, 1.54) is 50.7 Å². The number of aliphatic hydroxyl groups excluding tert-OH is 1. The fourth-order valence-corrected chi connectivity index (χ4v) is 9.95. The van der Waals surface area contributed by atoms with E-state index in [1.54, 1.807) is 50.2 Å². The van der Waals surface area contributed by atoms with Crippen molar-refractivity contribution in [1.29, 1.82) is 0 Å². The number of fused-ring (bicyclic) bond motifs is 3. The van der Waals surface area contributed by atoms with Gasteiger partial charge in [0.2, 0.25) is 17.7 Å². The van der Waals surface area contributed by atoms with E-state index in [9.17, 15) is 18.8 Å². The number of halogens is 1. The summed E-state index contributed by atoms with van der Waals surface area (Å²) in [6.07, 6.45) is 7.22. The molecule has 6 aromatic heterocycles. The molecule has 3 aliphatic heterocycles. The number of pyridine rings is 3. The Morgan fingerprint density at radius 1 is 0.482 bits per heavy atom. The molecule has 9 heterocycles. The van der Waals surface area contributed by atoms with Crippen LogP contribution in [0.15, 0.2) is 155 Å². The second-order valence-electron chi connectivity index (χ2n) is 21.3. The SMILES string of the molecule is CC(C)O.CC(C)Oc1cccc(-c2cc3ccc(N4CCCCC4)cc3oc2=O)n1.CC(C)Oc1cccc(-c2cc3ccc(N4CCNCC4)cc3oc2=O)n1.O=c1oc2cc(N3CCCCC3)ccc2cc1-c1cccc(F)n1.[H-].[Na+]. The zero-order valence-corrected chi connectivity index (χ0v) is 50.5. The Hall–Kier alpha value is -7.41. The maximum Gasteiger partial charge on any atom is 1.00 e. The third-order valence-corrected chi connectivity index (χ3v) is 13.8. The van der Waals surface area contributed by atoms with Crippen molar-refractivity contribution in [3.05, 3.63) is 165 Å². The number of piperazine rings is 1. The molecule has 83 heavy (non-hydrogen) atoms. The number of anilines is 3. The van der Waals surface area contributed by atoms with Crippen LogP contribution in [0.25, 0.3) is 66.7 Å². The Labute approximate surface area is 506 Å². The van der Waals surface area contributed by atoms with Crippen LogP contribution in [0.1, 0.15) is 81.5 Å². The first-order valence-corrected chi connectivity index (χ1v) is 28.4. The first-order chi connectivity index (χ1) is 39.6. The van der Waals surface area contributed by atoms with Gasteiger partial charge in [-0.15, -0.1) is 0 Å². The maximum absolute atomic E-state index is 13.3. The predicted octanol–water partition coefficient (Wildman–Crippen LogP) is 9.17. The summed E-state index contributed by atoms with van der Waals surface area (Å²) in [7, 11) is 0. The van der Waals surface area contributed by atoms with Gasteiger partial charge in [0.15, 0.2) is 0 Å². The van der Waals surface area contributed by atoms with E-state index in [1.807, 2.05) is 94.4 Å². The van der Waals surface area contributed by atoms with Crippen molar-refractivity contribution in [3.8, 4) is 45.5 Å². The molecule has 3 saturated heterocycles. The quantitative estimate of drug-likeness (QED) is 0.0748. The van der Waals surface area contributed by atoms with Gasteiger partial charge in [0.25, 0.3) is 0 Å². The number of nitrogens with one attached hydrogen (secondary N) is 1. The van der Waals surface area contributed by atoms with Crippen LogP contribution in [0, 0.1) is 5.95 Å². The first kappa shape index (κ1) is 61.7. The van der Waals surface area contributed by atoms with E-state index in [0.717, 1.165) is 85.6 Å². The van der Waals surface area contributed by atoms with E-state index in [4.69, 9.17) is 27.8 Å². The normalized spacial score (nSPS) is 14.3. The van der Waals surface area contributed by atoms with Crippen LogP contribution in [0.3, 0.4) is 0 Å². The molecule has 12 rings (SSSR count). The van der Waals surface area contributed by atoms with Gasteiger partial charge in [0.1, 0.15) is 16.7 Å². The molecule has 0 atom stereocenters. The summed E-state index contributed by atoms with van der Waals surface area (Å²) in [6.45, 7) is 19.2. The second-order valence-corrected chi connectivity index (χ2v) is 21.3. The summed E-state index contributed by atoms with van der Waals surface area (Å²) >= 11 is 0. The number of aromatic nitrogens is 3. The summed E-state index contributed by atoms with van der Waals surface area (Å²) in [5.74, 6) is 0.380. The van der Waals surface area contributed by atoms with Crippen LogP contribution in [-0.2, 0) is 0 Å². The van der Waals surface area contributed by atoms with E-state index in [2.05, 4.69) is 47.1 Å². The Kier molecular flexibility index (Phi) is 21.7. The molecule has 0 bridgehead atoms. The van der Waals surface area contributed by atoms with E-state index >= 15 is 0 Å². The van der Waals surface area contributed by atoms with Crippen molar-refractivity contribution >= 4 is 50.0 Å². The molecule has 0 amide bonds. The van der Waals surface area contributed by atoms with Gasteiger partial charge in [0, 0.05) is 122 Å². The van der Waals surface area contributed by atoms with Gasteiger partial charge in [-0.05, 0) is 159 Å². The monoisotopic (exact) mass is 1140 g/mol. The molecule has 0 saturated carbocycles. The predicted molar refractivity (Wildman–Crippen MR) is 324 cm³/mol. The molecule has 16 nitrogen and oxygen atoms in total. The number of nitrogens with zero attached hydrogens (tertiary/aromatic N) is 6. The Balaban J connectivity index is 0.000000173. The van der Waals surface area contributed by atoms with Gasteiger partial charge >= 0.3 is 46.4 Å². The molecule has 9 aromatic rings. The smallest absolute Gasteiger partial charge is 1.00 e. The minimum atomic E-state index is -0.618. The third-order valence-electron chi connectivity index (χ3n) is 13.8. The van der Waals surface area contributed by atoms with Gasteiger partial charge in [-0.1, -0.05) is 18.2 Å². The standard InChI is InChI=1S/C22H24N2O3.C21H23N3O3.C19H17FN2O2.C3H8O.Na.H/c1-15(2)26-21-8-6-7-19(23-21)18-13-16-9-10-17(14-20(16)27-22(18)25)24-11-4-3-5-12-24;1-14(2)26-20-5-3-4-18(23-20)17-12-15-6-7-16(13-19(15)27-21(17)25)24-10-8-22-9-11-24;20-18-6-4-5-16(21-18)15-11-13-7-8-14(12-17(13)24-19(15)23)22-9-2-1-3-10-22;1-3(2)4;;/h6-10,13-15H,3-5,11-12H2,1-2H3;3-7,12-14,22H,8-11H2,1-2H3;4-8,11-12H,1-3,9-10H2;3-4H,1-2H3;;/q;;;;+1;-1. The molecule has 0 spiro atoms. The summed E-state index contributed by atoms with van der Waals surface area (Å²) in [5, 5.41) is 14.0. The zero-order chi connectivity index (χ0) is 57.7. The van der Waals surface area contributed by atoms with Crippen LogP contribution in [0.2, 0.25) is 0 Å². The van der Waals surface area contributed by atoms with Crippen LogP contribution in [0.5, 0.6) is 11.8 Å². The van der Waals surface area contributed by atoms with Gasteiger partial charge < -0.3 is 49.3 Å². The summed E-state index contributed by atoms with van der Waals surface area (Å²) < 4.78 is 41.3. The molecule has 3 aliphatic rings. The van der Waals surface area contributed by atoms with Gasteiger partial charge in [0.05, 0.1) is 46.0 Å². The number of benzene rings is 3. The molecule has 3 aromatic carbocycles. The second kappa shape index (κ2) is 29.2. The third kappa shape index (κ3) is 16.7. The van der Waals surface area contributed by atoms with Gasteiger partial charge in [-0.25, -0.2) is 29.3 Å². The Bertz CT molecular complexity index is 3640. The van der Waals surface area contributed by atoms with Crippen LogP contribution >= 0.6 is 0 Å². The molecule has 2 N–H and O–H groups in total. The summed E-state index contributed by atoms with van der Waals surface area (Å²) in [5.41, 5.74) is 6.28. The molecule has 18 heteroatoms. The minimum absolute atomic E-state index is 0. The topological polar surface area (TPSA) is 190 Å². The van der Waals surface area contributed by atoms with Crippen LogP contribution in [0.4, 0.5) is 21.5 Å². The van der Waals surface area contributed by atoms with E-state index in [-0.39, 0.29) is 66.2 Å². The van der Waals surface area contributed by atoms with Gasteiger partial charge in [-0.2, -0.15) is 4.39 Å². The van der Waals surface area contributed by atoms with Crippen molar-refractivity contribution in [1.82, 2.24) is 20.3 Å². The molecule has 3 fully saturated rings. The fourth-order valence-electron chi connectivity index (χ4n) is 9.95. The zero-order valence-electron chi connectivity index (χ0n) is 49.5. The number of hydrogen-bond acceptors (Lipinski definition) is 16. The average Bonchev–Trinajstić information content (AvgIpc) is 3.66.